The molecule has 104 valence electrons. The SMILES string of the molecule is CC(CCCN)C(=O)NCC1CCN(C2CC2)C1. The van der Waals surface area contributed by atoms with Gasteiger partial charge in [-0.25, -0.2) is 0 Å². The van der Waals surface area contributed by atoms with Crippen LogP contribution in [0.5, 0.6) is 0 Å². The van der Waals surface area contributed by atoms with Crippen molar-refractivity contribution in [3.8, 4) is 0 Å². The van der Waals surface area contributed by atoms with Gasteiger partial charge in [-0.15, -0.1) is 0 Å². The number of nitrogens with zero attached hydrogens (tertiary/aromatic N) is 1. The van der Waals surface area contributed by atoms with Gasteiger partial charge in [0.15, 0.2) is 0 Å². The van der Waals surface area contributed by atoms with Gasteiger partial charge in [-0.1, -0.05) is 6.92 Å². The molecule has 0 aromatic carbocycles. The Morgan fingerprint density at radius 3 is 2.89 bits per heavy atom. The third-order valence-electron chi connectivity index (χ3n) is 4.23. The lowest BCUT2D eigenvalue weighted by Gasteiger charge is -2.16. The fraction of sp³-hybridized carbons (Fsp3) is 0.929. The van der Waals surface area contributed by atoms with Crippen LogP contribution >= 0.6 is 0 Å². The molecular formula is C14H27N3O. The summed E-state index contributed by atoms with van der Waals surface area (Å²) < 4.78 is 0. The van der Waals surface area contributed by atoms with E-state index in [4.69, 9.17) is 5.73 Å². The molecule has 2 unspecified atom stereocenters. The number of amides is 1. The molecule has 0 aromatic rings. The zero-order chi connectivity index (χ0) is 13.0. The van der Waals surface area contributed by atoms with E-state index in [1.165, 1.54) is 32.4 Å². The van der Waals surface area contributed by atoms with Gasteiger partial charge < -0.3 is 16.0 Å². The van der Waals surface area contributed by atoms with E-state index in [0.29, 0.717) is 12.5 Å². The van der Waals surface area contributed by atoms with Gasteiger partial charge in [0.25, 0.3) is 0 Å². The molecule has 2 fully saturated rings. The molecular weight excluding hydrogens is 226 g/mol. The Balaban J connectivity index is 1.60. The number of hydrogen-bond acceptors (Lipinski definition) is 3. The van der Waals surface area contributed by atoms with Crippen LogP contribution in [0.25, 0.3) is 0 Å². The second kappa shape index (κ2) is 6.53. The van der Waals surface area contributed by atoms with Crippen LogP contribution in [0.4, 0.5) is 0 Å². The lowest BCUT2D eigenvalue weighted by atomic mass is 10.0. The molecule has 1 saturated heterocycles. The van der Waals surface area contributed by atoms with Gasteiger partial charge in [-0.3, -0.25) is 4.79 Å². The first-order valence-corrected chi connectivity index (χ1v) is 7.42. The van der Waals surface area contributed by atoms with Crippen LogP contribution in [-0.2, 0) is 4.79 Å². The Labute approximate surface area is 110 Å². The zero-order valence-electron chi connectivity index (χ0n) is 11.5. The van der Waals surface area contributed by atoms with Crippen LogP contribution in [0.1, 0.15) is 39.0 Å². The molecule has 0 bridgehead atoms. The molecule has 0 radical (unpaired) electrons. The van der Waals surface area contributed by atoms with E-state index in [1.54, 1.807) is 0 Å². The molecule has 0 aromatic heterocycles. The van der Waals surface area contributed by atoms with E-state index in [1.807, 2.05) is 6.92 Å². The maximum Gasteiger partial charge on any atom is 0.222 e. The summed E-state index contributed by atoms with van der Waals surface area (Å²) in [5.41, 5.74) is 5.46. The average Bonchev–Trinajstić information content (AvgIpc) is 3.12. The quantitative estimate of drug-likeness (QED) is 0.710. The highest BCUT2D eigenvalue weighted by Crippen LogP contribution is 2.31. The minimum atomic E-state index is 0.106. The molecule has 2 atom stereocenters. The Hall–Kier alpha value is -0.610. The average molecular weight is 253 g/mol. The second-order valence-electron chi connectivity index (χ2n) is 5.96. The molecule has 1 aliphatic carbocycles. The maximum atomic E-state index is 11.9. The van der Waals surface area contributed by atoms with Crippen LogP contribution in [0.3, 0.4) is 0 Å². The summed E-state index contributed by atoms with van der Waals surface area (Å²) in [5, 5.41) is 3.11. The summed E-state index contributed by atoms with van der Waals surface area (Å²) in [5.74, 6) is 0.971. The van der Waals surface area contributed by atoms with Gasteiger partial charge in [-0.2, -0.15) is 0 Å². The van der Waals surface area contributed by atoms with Crippen molar-refractivity contribution in [2.75, 3.05) is 26.2 Å². The fourth-order valence-corrected chi connectivity index (χ4v) is 2.77. The van der Waals surface area contributed by atoms with Crippen LogP contribution in [-0.4, -0.2) is 43.0 Å². The van der Waals surface area contributed by atoms with Gasteiger partial charge in [0, 0.05) is 25.0 Å². The zero-order valence-corrected chi connectivity index (χ0v) is 11.5. The van der Waals surface area contributed by atoms with Gasteiger partial charge in [0.2, 0.25) is 5.91 Å². The van der Waals surface area contributed by atoms with E-state index >= 15 is 0 Å². The number of nitrogens with two attached hydrogens (primary N) is 1. The number of carbonyl (C=O) groups excluding carboxylic acids is 1. The molecule has 4 heteroatoms. The molecule has 1 heterocycles. The molecule has 4 nitrogen and oxygen atoms in total. The lowest BCUT2D eigenvalue weighted by Crippen LogP contribution is -2.34. The highest BCUT2D eigenvalue weighted by atomic mass is 16.1. The number of likely N-dealkylation sites (tertiary alicyclic amines) is 1. The van der Waals surface area contributed by atoms with Crippen molar-refractivity contribution in [3.05, 3.63) is 0 Å². The molecule has 2 rings (SSSR count). The first kappa shape index (κ1) is 13.8. The topological polar surface area (TPSA) is 58.4 Å². The predicted octanol–water partition coefficient (Wildman–Crippen LogP) is 0.962. The molecule has 2 aliphatic rings. The third-order valence-corrected chi connectivity index (χ3v) is 4.23. The van der Waals surface area contributed by atoms with Crippen molar-refractivity contribution in [2.24, 2.45) is 17.6 Å². The molecule has 18 heavy (non-hydrogen) atoms. The highest BCUT2D eigenvalue weighted by Gasteiger charge is 2.34. The van der Waals surface area contributed by atoms with Gasteiger partial charge in [0.1, 0.15) is 0 Å². The monoisotopic (exact) mass is 253 g/mol. The van der Waals surface area contributed by atoms with Crippen LogP contribution < -0.4 is 11.1 Å². The smallest absolute Gasteiger partial charge is 0.222 e. The largest absolute Gasteiger partial charge is 0.356 e. The van der Waals surface area contributed by atoms with Crippen molar-refractivity contribution < 1.29 is 4.79 Å². The van der Waals surface area contributed by atoms with E-state index in [-0.39, 0.29) is 11.8 Å². The molecule has 1 saturated carbocycles. The number of rotatable bonds is 7. The minimum absolute atomic E-state index is 0.106. The second-order valence-corrected chi connectivity index (χ2v) is 5.96. The van der Waals surface area contributed by atoms with Crippen LogP contribution in [0.15, 0.2) is 0 Å². The van der Waals surface area contributed by atoms with E-state index in [9.17, 15) is 4.79 Å². The Morgan fingerprint density at radius 2 is 2.22 bits per heavy atom. The summed E-state index contributed by atoms with van der Waals surface area (Å²) in [6.45, 7) is 5.94. The minimum Gasteiger partial charge on any atom is -0.356 e. The Kier molecular flexibility index (Phi) is 5.01. The lowest BCUT2D eigenvalue weighted by molar-refractivity contribution is -0.124. The summed E-state index contributed by atoms with van der Waals surface area (Å²) in [4.78, 5) is 14.5. The first-order chi connectivity index (χ1) is 8.70. The van der Waals surface area contributed by atoms with E-state index in [2.05, 4.69) is 10.2 Å². The normalized spacial score (nSPS) is 26.2. The van der Waals surface area contributed by atoms with Gasteiger partial charge in [0.05, 0.1) is 0 Å². The molecule has 3 N–H and O–H groups in total. The molecule has 1 amide bonds. The first-order valence-electron chi connectivity index (χ1n) is 7.42. The Morgan fingerprint density at radius 1 is 1.44 bits per heavy atom. The Bertz CT molecular complexity index is 278. The van der Waals surface area contributed by atoms with Gasteiger partial charge in [-0.05, 0) is 51.1 Å². The number of hydrogen-bond donors (Lipinski definition) is 2. The van der Waals surface area contributed by atoms with Crippen molar-refractivity contribution in [3.63, 3.8) is 0 Å². The standard InChI is InChI=1S/C14H27N3O/c1-11(3-2-7-15)14(18)16-9-12-6-8-17(10-12)13-4-5-13/h11-13H,2-10,15H2,1H3,(H,16,18). The number of carbonyl (C=O) groups is 1. The van der Waals surface area contributed by atoms with Gasteiger partial charge >= 0.3 is 0 Å². The summed E-state index contributed by atoms with van der Waals surface area (Å²) in [6.07, 6.45) is 5.85. The summed E-state index contributed by atoms with van der Waals surface area (Å²) in [7, 11) is 0. The van der Waals surface area contributed by atoms with E-state index < -0.39 is 0 Å². The van der Waals surface area contributed by atoms with Crippen molar-refractivity contribution in [2.45, 2.75) is 45.1 Å². The summed E-state index contributed by atoms with van der Waals surface area (Å²) >= 11 is 0. The van der Waals surface area contributed by atoms with E-state index in [0.717, 1.165) is 25.4 Å². The third kappa shape index (κ3) is 3.95. The molecule has 0 spiro atoms. The van der Waals surface area contributed by atoms with Crippen LogP contribution in [0, 0.1) is 11.8 Å². The van der Waals surface area contributed by atoms with Crippen LogP contribution in [0.2, 0.25) is 0 Å². The van der Waals surface area contributed by atoms with Crippen molar-refractivity contribution in [1.29, 1.82) is 0 Å². The predicted molar refractivity (Wildman–Crippen MR) is 73.2 cm³/mol. The highest BCUT2D eigenvalue weighted by molar-refractivity contribution is 5.78. The fourth-order valence-electron chi connectivity index (χ4n) is 2.77. The van der Waals surface area contributed by atoms with Crippen molar-refractivity contribution >= 4 is 5.91 Å². The molecule has 1 aliphatic heterocycles. The summed E-state index contributed by atoms with van der Waals surface area (Å²) in [6, 6.07) is 0.870. The maximum absolute atomic E-state index is 11.9. The number of nitrogens with one attached hydrogen (secondary N) is 1. The van der Waals surface area contributed by atoms with Crippen molar-refractivity contribution in [1.82, 2.24) is 10.2 Å².